The van der Waals surface area contributed by atoms with Crippen molar-refractivity contribution in [3.63, 3.8) is 0 Å². The Kier molecular flexibility index (Phi) is 4.56. The number of methoxy groups -OCH3 is 3. The highest BCUT2D eigenvalue weighted by Gasteiger charge is 2.50. The van der Waals surface area contributed by atoms with Gasteiger partial charge in [0.25, 0.3) is 0 Å². The van der Waals surface area contributed by atoms with Crippen LogP contribution in [0, 0.1) is 0 Å². The van der Waals surface area contributed by atoms with E-state index in [9.17, 15) is 9.59 Å². The summed E-state index contributed by atoms with van der Waals surface area (Å²) < 4.78 is 16.3. The van der Waals surface area contributed by atoms with Crippen molar-refractivity contribution in [2.75, 3.05) is 34.9 Å². The van der Waals surface area contributed by atoms with Crippen molar-refractivity contribution in [2.45, 2.75) is 24.8 Å². The molecule has 0 aromatic carbocycles. The smallest absolute Gasteiger partial charge is 0.224 e. The van der Waals surface area contributed by atoms with Gasteiger partial charge in [0.1, 0.15) is 11.3 Å². The van der Waals surface area contributed by atoms with Crippen LogP contribution in [0.25, 0.3) is 0 Å². The van der Waals surface area contributed by atoms with Crippen LogP contribution in [0.1, 0.15) is 19.3 Å². The van der Waals surface area contributed by atoms with Crippen LogP contribution < -0.4 is 0 Å². The number of rotatable bonds is 5. The summed E-state index contributed by atoms with van der Waals surface area (Å²) >= 11 is 0. The maximum absolute atomic E-state index is 12.3. The number of ether oxygens (including phenoxy) is 3. The molecule has 0 radical (unpaired) electrons. The minimum atomic E-state index is -0.720. The van der Waals surface area contributed by atoms with Gasteiger partial charge in [0.2, 0.25) is 11.5 Å². The number of Topliss-reactive ketones (excluding diaryl/α,β-unsaturated/α-hetero) is 1. The van der Waals surface area contributed by atoms with Crippen molar-refractivity contribution >= 4 is 11.6 Å². The van der Waals surface area contributed by atoms with Crippen LogP contribution in [0.4, 0.5) is 0 Å². The zero-order valence-corrected chi connectivity index (χ0v) is 15.0. The summed E-state index contributed by atoms with van der Waals surface area (Å²) in [5.74, 6) is 1.23. The molecular formula is C19H23NO5. The average molecular weight is 345 g/mol. The number of hydrogen-bond acceptors (Lipinski definition) is 6. The first-order valence-electron chi connectivity index (χ1n) is 8.28. The molecule has 0 unspecified atom stereocenters. The van der Waals surface area contributed by atoms with E-state index in [2.05, 4.69) is 4.90 Å². The molecule has 0 saturated carbocycles. The van der Waals surface area contributed by atoms with E-state index >= 15 is 0 Å². The number of ketones is 2. The highest BCUT2D eigenvalue weighted by atomic mass is 16.5. The molecule has 134 valence electrons. The van der Waals surface area contributed by atoms with Crippen molar-refractivity contribution in [1.82, 2.24) is 4.90 Å². The Morgan fingerprint density at radius 1 is 1.08 bits per heavy atom. The molecule has 0 aromatic rings. The molecule has 3 rings (SSSR count). The van der Waals surface area contributed by atoms with Crippen LogP contribution in [0.3, 0.4) is 0 Å². The van der Waals surface area contributed by atoms with Gasteiger partial charge in [-0.05, 0) is 31.2 Å². The van der Waals surface area contributed by atoms with E-state index < -0.39 is 5.54 Å². The third-order valence-electron chi connectivity index (χ3n) is 5.22. The number of likely N-dealkylation sites (tertiary alicyclic amines) is 1. The summed E-state index contributed by atoms with van der Waals surface area (Å²) in [7, 11) is 6.54. The van der Waals surface area contributed by atoms with Gasteiger partial charge in [0, 0.05) is 19.4 Å². The topological polar surface area (TPSA) is 65.1 Å². The Morgan fingerprint density at radius 3 is 2.48 bits per heavy atom. The van der Waals surface area contributed by atoms with E-state index in [1.165, 1.54) is 14.2 Å². The largest absolute Gasteiger partial charge is 0.500 e. The van der Waals surface area contributed by atoms with Gasteiger partial charge in [0.05, 0.1) is 26.9 Å². The molecule has 3 aliphatic rings. The van der Waals surface area contributed by atoms with Crippen LogP contribution in [0.2, 0.25) is 0 Å². The molecule has 1 heterocycles. The maximum Gasteiger partial charge on any atom is 0.224 e. The summed E-state index contributed by atoms with van der Waals surface area (Å²) in [6, 6.07) is 0. The average Bonchev–Trinajstić information content (AvgIpc) is 3.12. The van der Waals surface area contributed by atoms with E-state index in [1.54, 1.807) is 19.3 Å². The molecule has 2 aliphatic carbocycles. The number of fused-ring (bicyclic) bond motifs is 1. The van der Waals surface area contributed by atoms with Crippen molar-refractivity contribution < 1.29 is 23.8 Å². The molecule has 1 saturated heterocycles. The Balaban J connectivity index is 2.14. The summed E-state index contributed by atoms with van der Waals surface area (Å²) in [5.41, 5.74) is 0.810. The molecule has 0 aromatic heterocycles. The Labute approximate surface area is 147 Å². The molecule has 6 heteroatoms. The van der Waals surface area contributed by atoms with E-state index in [0.29, 0.717) is 29.9 Å². The second-order valence-corrected chi connectivity index (χ2v) is 6.34. The third kappa shape index (κ3) is 2.52. The Bertz CT molecular complexity index is 743. The fourth-order valence-electron chi connectivity index (χ4n) is 3.92. The van der Waals surface area contributed by atoms with Gasteiger partial charge in [-0.3, -0.25) is 14.5 Å². The molecule has 1 aliphatic heterocycles. The fraction of sp³-hybridized carbons (Fsp3) is 0.474. The minimum absolute atomic E-state index is 0.0671. The van der Waals surface area contributed by atoms with Crippen molar-refractivity contribution in [3.05, 3.63) is 46.7 Å². The van der Waals surface area contributed by atoms with Gasteiger partial charge >= 0.3 is 0 Å². The van der Waals surface area contributed by atoms with Gasteiger partial charge in [-0.2, -0.15) is 0 Å². The molecule has 0 bridgehead atoms. The normalized spacial score (nSPS) is 27.3. The molecule has 0 amide bonds. The van der Waals surface area contributed by atoms with Gasteiger partial charge in [-0.25, -0.2) is 0 Å². The lowest BCUT2D eigenvalue weighted by molar-refractivity contribution is -0.115. The van der Waals surface area contributed by atoms with Gasteiger partial charge in [0.15, 0.2) is 11.5 Å². The molecular weight excluding hydrogens is 322 g/mol. The minimum Gasteiger partial charge on any atom is -0.500 e. The highest BCUT2D eigenvalue weighted by molar-refractivity contribution is 6.06. The Hall–Kier alpha value is -2.34. The monoisotopic (exact) mass is 345 g/mol. The first-order valence-corrected chi connectivity index (χ1v) is 8.28. The predicted octanol–water partition coefficient (Wildman–Crippen LogP) is 1.89. The van der Waals surface area contributed by atoms with E-state index in [1.807, 2.05) is 13.1 Å². The van der Waals surface area contributed by atoms with Crippen LogP contribution in [0.15, 0.2) is 46.7 Å². The molecule has 1 fully saturated rings. The van der Waals surface area contributed by atoms with Crippen molar-refractivity contribution in [2.24, 2.45) is 0 Å². The molecule has 1 atom stereocenters. The summed E-state index contributed by atoms with van der Waals surface area (Å²) in [4.78, 5) is 26.6. The maximum atomic E-state index is 12.3. The van der Waals surface area contributed by atoms with E-state index in [0.717, 1.165) is 18.5 Å². The zero-order valence-electron chi connectivity index (χ0n) is 15.0. The lowest BCUT2D eigenvalue weighted by Crippen LogP contribution is -2.46. The molecule has 6 nitrogen and oxygen atoms in total. The van der Waals surface area contributed by atoms with Gasteiger partial charge < -0.3 is 14.2 Å². The number of carbonyl (C=O) groups excluding carboxylic acids is 2. The lowest BCUT2D eigenvalue weighted by atomic mass is 9.82. The SMILES string of the molecule is COC1=C(/C=C/[C@]23C(=CC(=O)C(OC)=C2OC)CCN3C)C(=O)CC1. The number of carbonyl (C=O) groups is 2. The zero-order chi connectivity index (χ0) is 18.2. The van der Waals surface area contributed by atoms with Crippen LogP contribution in [-0.2, 0) is 23.8 Å². The number of nitrogens with zero attached hydrogens (tertiary/aromatic N) is 1. The second-order valence-electron chi connectivity index (χ2n) is 6.34. The fourth-order valence-corrected chi connectivity index (χ4v) is 3.92. The number of likely N-dealkylation sites (N-methyl/N-ethyl adjacent to an activating group) is 1. The Morgan fingerprint density at radius 2 is 1.84 bits per heavy atom. The standard InChI is InChI=1S/C19H23NO5/c1-20-10-8-12-11-15(22)17(24-3)18(25-4)19(12,20)9-7-13-14(21)5-6-16(13)23-2/h7,9,11H,5-6,8,10H2,1-4H3/b9-7+/t19-/m0/s1. The van der Waals surface area contributed by atoms with E-state index in [-0.39, 0.29) is 17.3 Å². The summed E-state index contributed by atoms with van der Waals surface area (Å²) in [6.45, 7) is 0.775. The van der Waals surface area contributed by atoms with Crippen LogP contribution >= 0.6 is 0 Å². The molecule has 25 heavy (non-hydrogen) atoms. The molecule has 0 N–H and O–H groups in total. The third-order valence-corrected chi connectivity index (χ3v) is 5.22. The number of allylic oxidation sites excluding steroid dienone is 4. The van der Waals surface area contributed by atoms with Crippen LogP contribution in [0.5, 0.6) is 0 Å². The van der Waals surface area contributed by atoms with Crippen LogP contribution in [-0.4, -0.2) is 56.9 Å². The first kappa shape index (κ1) is 17.5. The van der Waals surface area contributed by atoms with Crippen molar-refractivity contribution in [1.29, 1.82) is 0 Å². The van der Waals surface area contributed by atoms with Crippen molar-refractivity contribution in [3.8, 4) is 0 Å². The first-order chi connectivity index (χ1) is 12.0. The lowest BCUT2D eigenvalue weighted by Gasteiger charge is -2.38. The molecule has 0 spiro atoms. The summed E-state index contributed by atoms with van der Waals surface area (Å²) in [6.07, 6.45) is 7.18. The summed E-state index contributed by atoms with van der Waals surface area (Å²) in [5, 5.41) is 0. The highest BCUT2D eigenvalue weighted by Crippen LogP contribution is 2.45. The number of hydrogen-bond donors (Lipinski definition) is 0. The van der Waals surface area contributed by atoms with Gasteiger partial charge in [-0.1, -0.05) is 6.08 Å². The predicted molar refractivity (Wildman–Crippen MR) is 91.5 cm³/mol. The van der Waals surface area contributed by atoms with Gasteiger partial charge in [-0.15, -0.1) is 0 Å². The second kappa shape index (κ2) is 6.52. The van der Waals surface area contributed by atoms with E-state index in [4.69, 9.17) is 14.2 Å². The quantitative estimate of drug-likeness (QED) is 0.758.